The molecule has 1 amide bonds. The Hall–Kier alpha value is -1.75. The first-order chi connectivity index (χ1) is 9.88. The van der Waals surface area contributed by atoms with Crippen molar-refractivity contribution < 1.29 is 9.00 Å². The molecule has 0 aliphatic carbocycles. The fraction of sp³-hybridized carbons (Fsp3) is 0.375. The van der Waals surface area contributed by atoms with Gasteiger partial charge in [-0.2, -0.15) is 0 Å². The van der Waals surface area contributed by atoms with E-state index in [1.54, 1.807) is 24.3 Å². The van der Waals surface area contributed by atoms with Gasteiger partial charge in [-0.05, 0) is 38.1 Å². The zero-order chi connectivity index (χ0) is 15.6. The highest BCUT2D eigenvalue weighted by Crippen LogP contribution is 2.16. The monoisotopic (exact) mass is 304 g/mol. The van der Waals surface area contributed by atoms with E-state index in [2.05, 4.69) is 4.98 Å². The van der Waals surface area contributed by atoms with Crippen molar-refractivity contribution in [1.82, 2.24) is 9.88 Å². The highest BCUT2D eigenvalue weighted by atomic mass is 32.2. The minimum Gasteiger partial charge on any atom is -0.338 e. The minimum atomic E-state index is -0.918. The predicted molar refractivity (Wildman–Crippen MR) is 87.0 cm³/mol. The maximum Gasteiger partial charge on any atom is 0.253 e. The summed E-state index contributed by atoms with van der Waals surface area (Å²) in [5.41, 5.74) is 2.47. The third-order valence-corrected chi connectivity index (χ3v) is 4.48. The molecule has 2 aromatic rings. The Labute approximate surface area is 127 Å². The lowest BCUT2D eigenvalue weighted by atomic mass is 10.1. The summed E-state index contributed by atoms with van der Waals surface area (Å²) in [5, 5.41) is 0.951. The quantitative estimate of drug-likeness (QED) is 0.871. The number of aryl methyl sites for hydroxylation is 1. The molecule has 4 nitrogen and oxygen atoms in total. The molecule has 0 N–H and O–H groups in total. The number of hydrogen-bond donors (Lipinski definition) is 0. The van der Waals surface area contributed by atoms with Crippen molar-refractivity contribution in [2.75, 3.05) is 19.1 Å². The molecule has 112 valence electrons. The number of nitrogens with zero attached hydrogens (tertiary/aromatic N) is 2. The Bertz CT molecular complexity index is 700. The lowest BCUT2D eigenvalue weighted by molar-refractivity contribution is 0.0757. The van der Waals surface area contributed by atoms with Crippen LogP contribution < -0.4 is 0 Å². The number of fused-ring (bicyclic) bond motifs is 1. The Balaban J connectivity index is 2.26. The fourth-order valence-corrected chi connectivity index (χ4v) is 3.12. The zero-order valence-corrected chi connectivity index (χ0v) is 13.6. The van der Waals surface area contributed by atoms with Crippen LogP contribution in [0.15, 0.2) is 30.3 Å². The summed E-state index contributed by atoms with van der Waals surface area (Å²) in [6, 6.07) is 9.36. The van der Waals surface area contributed by atoms with E-state index in [9.17, 15) is 9.00 Å². The van der Waals surface area contributed by atoms with Crippen LogP contribution in [0.4, 0.5) is 0 Å². The largest absolute Gasteiger partial charge is 0.338 e. The average molecular weight is 304 g/mol. The van der Waals surface area contributed by atoms with Gasteiger partial charge in [0, 0.05) is 52.5 Å². The third kappa shape index (κ3) is 3.67. The second kappa shape index (κ2) is 6.35. The summed E-state index contributed by atoms with van der Waals surface area (Å²) in [6.45, 7) is 3.85. The zero-order valence-electron chi connectivity index (χ0n) is 12.8. The summed E-state index contributed by atoms with van der Waals surface area (Å²) in [7, 11) is 0.829. The molecule has 0 radical (unpaired) electrons. The molecule has 0 saturated heterocycles. The van der Waals surface area contributed by atoms with E-state index in [0.717, 1.165) is 16.6 Å². The Morgan fingerprint density at radius 1 is 1.33 bits per heavy atom. The van der Waals surface area contributed by atoms with E-state index >= 15 is 0 Å². The molecule has 2 unspecified atom stereocenters. The smallest absolute Gasteiger partial charge is 0.253 e. The van der Waals surface area contributed by atoms with Crippen LogP contribution in [0, 0.1) is 6.92 Å². The van der Waals surface area contributed by atoms with Crippen molar-refractivity contribution in [3.63, 3.8) is 0 Å². The van der Waals surface area contributed by atoms with Crippen molar-refractivity contribution in [1.29, 1.82) is 0 Å². The molecule has 21 heavy (non-hydrogen) atoms. The lowest BCUT2D eigenvalue weighted by Crippen LogP contribution is -2.38. The third-order valence-electron chi connectivity index (χ3n) is 3.53. The molecular formula is C16H20N2O2S. The summed E-state index contributed by atoms with van der Waals surface area (Å²) in [5.74, 6) is 0.423. The fourth-order valence-electron chi connectivity index (χ4n) is 2.22. The normalized spacial score (nSPS) is 13.9. The number of amides is 1. The average Bonchev–Trinajstić information content (AvgIpc) is 2.44. The molecule has 0 aliphatic heterocycles. The van der Waals surface area contributed by atoms with Gasteiger partial charge in [0.05, 0.1) is 5.52 Å². The topological polar surface area (TPSA) is 50.3 Å². The van der Waals surface area contributed by atoms with Crippen LogP contribution in [-0.2, 0) is 10.8 Å². The molecule has 2 atom stereocenters. The lowest BCUT2D eigenvalue weighted by Gasteiger charge is -2.24. The molecule has 1 aromatic heterocycles. The Morgan fingerprint density at radius 2 is 2.05 bits per heavy atom. The Kier molecular flexibility index (Phi) is 4.73. The van der Waals surface area contributed by atoms with Crippen molar-refractivity contribution in [2.24, 2.45) is 0 Å². The molecule has 0 spiro atoms. The van der Waals surface area contributed by atoms with Crippen LogP contribution in [0.3, 0.4) is 0 Å². The first-order valence-electron chi connectivity index (χ1n) is 6.83. The first-order valence-corrected chi connectivity index (χ1v) is 8.56. The Morgan fingerprint density at radius 3 is 2.71 bits per heavy atom. The van der Waals surface area contributed by atoms with Crippen molar-refractivity contribution >= 4 is 27.6 Å². The second-order valence-electron chi connectivity index (χ2n) is 5.37. The van der Waals surface area contributed by atoms with Crippen molar-refractivity contribution in [3.8, 4) is 0 Å². The van der Waals surface area contributed by atoms with Gasteiger partial charge in [-0.1, -0.05) is 6.07 Å². The summed E-state index contributed by atoms with van der Waals surface area (Å²) in [6.07, 6.45) is 1.65. The van der Waals surface area contributed by atoms with Gasteiger partial charge < -0.3 is 4.90 Å². The summed E-state index contributed by atoms with van der Waals surface area (Å²) in [4.78, 5) is 18.6. The molecule has 2 rings (SSSR count). The standard InChI is InChI=1S/C16H20N2O2S/c1-11-5-6-13-9-14(7-8-15(13)17-11)16(19)18(3)12(2)10-21(4)20/h5-9,12H,10H2,1-4H3. The van der Waals surface area contributed by atoms with E-state index in [4.69, 9.17) is 0 Å². The number of carbonyl (C=O) groups is 1. The summed E-state index contributed by atoms with van der Waals surface area (Å²) < 4.78 is 11.3. The number of rotatable bonds is 4. The summed E-state index contributed by atoms with van der Waals surface area (Å²) >= 11 is 0. The molecule has 0 fully saturated rings. The maximum absolute atomic E-state index is 12.5. The van der Waals surface area contributed by atoms with Gasteiger partial charge in [0.25, 0.3) is 5.91 Å². The van der Waals surface area contributed by atoms with Crippen LogP contribution in [0.5, 0.6) is 0 Å². The van der Waals surface area contributed by atoms with E-state index < -0.39 is 10.8 Å². The van der Waals surface area contributed by atoms with Gasteiger partial charge in [0.1, 0.15) is 0 Å². The molecule has 1 heterocycles. The second-order valence-corrected chi connectivity index (χ2v) is 6.84. The molecule has 1 aromatic carbocycles. The van der Waals surface area contributed by atoms with Gasteiger partial charge in [-0.3, -0.25) is 14.0 Å². The molecule has 0 bridgehead atoms. The van der Waals surface area contributed by atoms with Gasteiger partial charge in [0.15, 0.2) is 0 Å². The molecule has 0 saturated carbocycles. The minimum absolute atomic E-state index is 0.0598. The van der Waals surface area contributed by atoms with Crippen LogP contribution in [-0.4, -0.2) is 45.1 Å². The number of carbonyl (C=O) groups excluding carboxylic acids is 1. The first kappa shape index (κ1) is 15.6. The molecular weight excluding hydrogens is 284 g/mol. The number of pyridine rings is 1. The van der Waals surface area contributed by atoms with Crippen LogP contribution in [0.1, 0.15) is 23.0 Å². The number of benzene rings is 1. The maximum atomic E-state index is 12.5. The van der Waals surface area contributed by atoms with E-state index in [-0.39, 0.29) is 11.9 Å². The van der Waals surface area contributed by atoms with Crippen LogP contribution in [0.2, 0.25) is 0 Å². The van der Waals surface area contributed by atoms with Crippen molar-refractivity contribution in [3.05, 3.63) is 41.6 Å². The predicted octanol–water partition coefficient (Wildman–Crippen LogP) is 2.38. The SMILES string of the molecule is Cc1ccc2cc(C(=O)N(C)C(C)CS(C)=O)ccc2n1. The number of aromatic nitrogens is 1. The van der Waals surface area contributed by atoms with Crippen molar-refractivity contribution in [2.45, 2.75) is 19.9 Å². The van der Waals surface area contributed by atoms with Crippen LogP contribution >= 0.6 is 0 Å². The van der Waals surface area contributed by atoms with Gasteiger partial charge in [-0.15, -0.1) is 0 Å². The van der Waals surface area contributed by atoms with Gasteiger partial charge in [0.2, 0.25) is 0 Å². The van der Waals surface area contributed by atoms with Gasteiger partial charge >= 0.3 is 0 Å². The van der Waals surface area contributed by atoms with Crippen LogP contribution in [0.25, 0.3) is 10.9 Å². The number of hydrogen-bond acceptors (Lipinski definition) is 3. The van der Waals surface area contributed by atoms with Gasteiger partial charge in [-0.25, -0.2) is 0 Å². The highest BCUT2D eigenvalue weighted by molar-refractivity contribution is 7.84. The molecule has 5 heteroatoms. The highest BCUT2D eigenvalue weighted by Gasteiger charge is 2.18. The van der Waals surface area contributed by atoms with E-state index in [0.29, 0.717) is 11.3 Å². The van der Waals surface area contributed by atoms with E-state index in [1.165, 1.54) is 0 Å². The van der Waals surface area contributed by atoms with E-state index in [1.807, 2.05) is 38.1 Å². The molecule has 0 aliphatic rings.